The quantitative estimate of drug-likeness (QED) is 0.433. The molecule has 0 radical (unpaired) electrons. The van der Waals surface area contributed by atoms with Crippen LogP contribution in [-0.2, 0) is 4.79 Å². The number of phenols is 1. The van der Waals surface area contributed by atoms with Crippen molar-refractivity contribution in [3.05, 3.63) is 54.1 Å². The fraction of sp³-hybridized carbons (Fsp3) is 0.400. The van der Waals surface area contributed by atoms with Gasteiger partial charge in [0.1, 0.15) is 0 Å². The van der Waals surface area contributed by atoms with Gasteiger partial charge >= 0.3 is 0 Å². The van der Waals surface area contributed by atoms with Crippen molar-refractivity contribution in [2.45, 2.75) is 65.6 Å². The predicted octanol–water partition coefficient (Wildman–Crippen LogP) is 6.18. The molecule has 0 aliphatic rings. The maximum absolute atomic E-state index is 12.3. The molecule has 0 saturated heterocycles. The lowest BCUT2D eigenvalue weighted by molar-refractivity contribution is -0.111. The van der Waals surface area contributed by atoms with Crippen LogP contribution in [0.3, 0.4) is 0 Å². The normalized spacial score (nSPS) is 11.3. The molecule has 30 heavy (non-hydrogen) atoms. The van der Waals surface area contributed by atoms with Crippen LogP contribution in [0.4, 0.5) is 5.69 Å². The molecule has 2 aromatic carbocycles. The molecular weight excluding hydrogens is 378 g/mol. The molecule has 2 aromatic rings. The fourth-order valence-electron chi connectivity index (χ4n) is 3.03. The number of hydrogen-bond donors (Lipinski definition) is 2. The maximum atomic E-state index is 12.3. The second-order valence-corrected chi connectivity index (χ2v) is 7.17. The van der Waals surface area contributed by atoms with Gasteiger partial charge in [0.15, 0.2) is 11.5 Å². The Hall–Kier alpha value is -2.95. The van der Waals surface area contributed by atoms with Crippen LogP contribution in [0.15, 0.2) is 48.5 Å². The minimum atomic E-state index is -0.237. The first-order valence-electron chi connectivity index (χ1n) is 10.7. The zero-order valence-corrected chi connectivity index (χ0v) is 18.4. The number of anilines is 1. The third-order valence-corrected chi connectivity index (χ3v) is 4.94. The van der Waals surface area contributed by atoms with Gasteiger partial charge < -0.3 is 19.9 Å². The zero-order valence-electron chi connectivity index (χ0n) is 18.4. The van der Waals surface area contributed by atoms with Crippen LogP contribution in [0.25, 0.3) is 6.08 Å². The van der Waals surface area contributed by atoms with E-state index in [1.807, 2.05) is 58.0 Å². The van der Waals surface area contributed by atoms with Crippen LogP contribution < -0.4 is 14.8 Å². The van der Waals surface area contributed by atoms with Crippen molar-refractivity contribution in [2.75, 3.05) is 5.32 Å². The highest BCUT2D eigenvalue weighted by molar-refractivity contribution is 6.01. The van der Waals surface area contributed by atoms with E-state index in [0.29, 0.717) is 11.5 Å². The van der Waals surface area contributed by atoms with Crippen molar-refractivity contribution in [3.8, 4) is 17.2 Å². The molecule has 0 aliphatic heterocycles. The summed E-state index contributed by atoms with van der Waals surface area (Å²) in [6.07, 6.45) is 6.47. The number of rotatable bonds is 11. The second-order valence-electron chi connectivity index (χ2n) is 7.17. The monoisotopic (exact) mass is 411 g/mol. The first kappa shape index (κ1) is 23.3. The molecule has 0 aromatic heterocycles. The second kappa shape index (κ2) is 11.9. The maximum Gasteiger partial charge on any atom is 0.248 e. The summed E-state index contributed by atoms with van der Waals surface area (Å²) in [4.78, 5) is 12.3. The van der Waals surface area contributed by atoms with Crippen molar-refractivity contribution < 1.29 is 19.4 Å². The van der Waals surface area contributed by atoms with Crippen LogP contribution in [0.1, 0.15) is 58.9 Å². The van der Waals surface area contributed by atoms with Crippen LogP contribution in [0, 0.1) is 0 Å². The average molecular weight is 412 g/mol. The number of carbonyl (C=O) groups is 1. The number of ether oxygens (including phenoxy) is 2. The summed E-state index contributed by atoms with van der Waals surface area (Å²) in [6.45, 7) is 8.18. The van der Waals surface area contributed by atoms with E-state index in [1.54, 1.807) is 18.2 Å². The van der Waals surface area contributed by atoms with Gasteiger partial charge in [0.25, 0.3) is 0 Å². The molecule has 1 amide bonds. The summed E-state index contributed by atoms with van der Waals surface area (Å²) < 4.78 is 12.0. The molecule has 0 bridgehead atoms. The highest BCUT2D eigenvalue weighted by atomic mass is 16.5. The summed E-state index contributed by atoms with van der Waals surface area (Å²) in [5.41, 5.74) is 1.45. The number of phenolic OH excluding ortho intramolecular Hbond substituents is 1. The lowest BCUT2D eigenvalue weighted by atomic mass is 10.1. The van der Waals surface area contributed by atoms with E-state index >= 15 is 0 Å². The fourth-order valence-corrected chi connectivity index (χ4v) is 3.03. The van der Waals surface area contributed by atoms with Gasteiger partial charge in [-0.15, -0.1) is 0 Å². The van der Waals surface area contributed by atoms with Gasteiger partial charge in [-0.05, 0) is 61.6 Å². The van der Waals surface area contributed by atoms with Crippen LogP contribution >= 0.6 is 0 Å². The van der Waals surface area contributed by atoms with E-state index < -0.39 is 0 Å². The molecule has 0 unspecified atom stereocenters. The average Bonchev–Trinajstić information content (AvgIpc) is 2.77. The zero-order chi connectivity index (χ0) is 21.9. The minimum absolute atomic E-state index is 0.000290. The Morgan fingerprint density at radius 1 is 0.933 bits per heavy atom. The molecule has 0 atom stereocenters. The van der Waals surface area contributed by atoms with Gasteiger partial charge in [0.05, 0.1) is 12.2 Å². The third kappa shape index (κ3) is 6.83. The first-order chi connectivity index (χ1) is 14.5. The van der Waals surface area contributed by atoms with Gasteiger partial charge in [0.2, 0.25) is 11.7 Å². The molecular formula is C25H33NO4. The van der Waals surface area contributed by atoms with Crippen LogP contribution in [-0.4, -0.2) is 23.2 Å². The van der Waals surface area contributed by atoms with Crippen LogP contribution in [0.2, 0.25) is 0 Å². The summed E-state index contributed by atoms with van der Waals surface area (Å²) in [7, 11) is 0. The largest absolute Gasteiger partial charge is 0.502 e. The standard InChI is InChI=1S/C25H33NO4/c1-5-20(6-2)29-22-16-18(17-23(25(22)28)30-21(7-3)8-4)14-15-24(27)26-19-12-10-9-11-13-19/h9-17,20-21,28H,5-8H2,1-4H3,(H,26,27). The van der Waals surface area contributed by atoms with Crippen molar-refractivity contribution >= 4 is 17.7 Å². The molecule has 0 heterocycles. The number of benzene rings is 2. The number of hydrogen-bond acceptors (Lipinski definition) is 4. The molecule has 0 saturated carbocycles. The topological polar surface area (TPSA) is 67.8 Å². The molecule has 5 nitrogen and oxygen atoms in total. The Kier molecular flexibility index (Phi) is 9.26. The molecule has 162 valence electrons. The Balaban J connectivity index is 2.28. The number of carbonyl (C=O) groups excluding carboxylic acids is 1. The van der Waals surface area contributed by atoms with Crippen molar-refractivity contribution in [3.63, 3.8) is 0 Å². The Bertz CT molecular complexity index is 789. The van der Waals surface area contributed by atoms with E-state index in [1.165, 1.54) is 6.08 Å². The molecule has 2 N–H and O–H groups in total. The van der Waals surface area contributed by atoms with Gasteiger partial charge in [-0.3, -0.25) is 4.79 Å². The first-order valence-corrected chi connectivity index (χ1v) is 10.7. The Morgan fingerprint density at radius 3 is 1.90 bits per heavy atom. The third-order valence-electron chi connectivity index (χ3n) is 4.94. The molecule has 0 spiro atoms. The highest BCUT2D eigenvalue weighted by Gasteiger charge is 2.17. The molecule has 5 heteroatoms. The number of para-hydroxylation sites is 1. The SMILES string of the molecule is CCC(CC)Oc1cc(C=CC(=O)Nc2ccccc2)cc(OC(CC)CC)c1O. The van der Waals surface area contributed by atoms with Gasteiger partial charge in [-0.2, -0.15) is 0 Å². The van der Waals surface area contributed by atoms with E-state index in [9.17, 15) is 9.90 Å². The van der Waals surface area contributed by atoms with Crippen LogP contribution in [0.5, 0.6) is 17.2 Å². The van der Waals surface area contributed by atoms with E-state index in [2.05, 4.69) is 5.32 Å². The van der Waals surface area contributed by atoms with Crippen molar-refractivity contribution in [2.24, 2.45) is 0 Å². The summed E-state index contributed by atoms with van der Waals surface area (Å²) in [6, 6.07) is 12.7. The smallest absolute Gasteiger partial charge is 0.248 e. The number of aromatic hydroxyl groups is 1. The van der Waals surface area contributed by atoms with Gasteiger partial charge in [0, 0.05) is 11.8 Å². The molecule has 0 aliphatic carbocycles. The van der Waals surface area contributed by atoms with E-state index in [4.69, 9.17) is 9.47 Å². The number of nitrogens with one attached hydrogen (secondary N) is 1. The number of amides is 1. The molecule has 2 rings (SSSR count). The lowest BCUT2D eigenvalue weighted by Gasteiger charge is -2.21. The summed E-state index contributed by atoms with van der Waals surface area (Å²) >= 11 is 0. The van der Waals surface area contributed by atoms with Crippen molar-refractivity contribution in [1.29, 1.82) is 0 Å². The van der Waals surface area contributed by atoms with Gasteiger partial charge in [-0.1, -0.05) is 45.9 Å². The molecule has 0 fully saturated rings. The predicted molar refractivity (Wildman–Crippen MR) is 122 cm³/mol. The van der Waals surface area contributed by atoms with E-state index in [0.717, 1.165) is 36.9 Å². The summed E-state index contributed by atoms with van der Waals surface area (Å²) in [5.74, 6) is 0.504. The lowest BCUT2D eigenvalue weighted by Crippen LogP contribution is -2.16. The van der Waals surface area contributed by atoms with Gasteiger partial charge in [-0.25, -0.2) is 0 Å². The Labute approximate surface area is 179 Å². The van der Waals surface area contributed by atoms with E-state index in [-0.39, 0.29) is 23.9 Å². The van der Waals surface area contributed by atoms with Crippen molar-refractivity contribution in [1.82, 2.24) is 0 Å². The highest BCUT2D eigenvalue weighted by Crippen LogP contribution is 2.40. The minimum Gasteiger partial charge on any atom is -0.502 e. The Morgan fingerprint density at radius 2 is 1.43 bits per heavy atom. The summed E-state index contributed by atoms with van der Waals surface area (Å²) in [5, 5.41) is 13.5.